The van der Waals surface area contributed by atoms with E-state index in [9.17, 15) is 0 Å². The van der Waals surface area contributed by atoms with E-state index in [0.717, 1.165) is 12.1 Å². The predicted octanol–water partition coefficient (Wildman–Crippen LogP) is 4.39. The first kappa shape index (κ1) is 13.8. The molecule has 0 saturated carbocycles. The molecule has 0 fully saturated rings. The monoisotopic (exact) mass is 276 g/mol. The van der Waals surface area contributed by atoms with Gasteiger partial charge in [0.15, 0.2) is 0 Å². The van der Waals surface area contributed by atoms with Gasteiger partial charge in [0.2, 0.25) is 0 Å². The van der Waals surface area contributed by atoms with Crippen LogP contribution in [0, 0.1) is 6.92 Å². The molecule has 2 aromatic carbocycles. The summed E-state index contributed by atoms with van der Waals surface area (Å²) in [6.45, 7) is 5.18. The molecule has 0 amide bonds. The quantitative estimate of drug-likeness (QED) is 0.764. The summed E-state index contributed by atoms with van der Waals surface area (Å²) in [6.07, 6.45) is 1.83. The molecule has 1 heterocycles. The summed E-state index contributed by atoms with van der Waals surface area (Å²) in [5.74, 6) is 0. The summed E-state index contributed by atoms with van der Waals surface area (Å²) in [4.78, 5) is 4.35. The highest BCUT2D eigenvalue weighted by Gasteiger charge is 2.05. The molecule has 0 unspecified atom stereocenters. The lowest BCUT2D eigenvalue weighted by molar-refractivity contribution is 0.575. The molecule has 21 heavy (non-hydrogen) atoms. The lowest BCUT2D eigenvalue weighted by Gasteiger charge is -2.15. The van der Waals surface area contributed by atoms with Gasteiger partial charge in [0.05, 0.1) is 5.52 Å². The van der Waals surface area contributed by atoms with Crippen molar-refractivity contribution in [2.75, 3.05) is 0 Å². The van der Waals surface area contributed by atoms with Crippen LogP contribution >= 0.6 is 0 Å². The van der Waals surface area contributed by atoms with Crippen LogP contribution in [0.25, 0.3) is 10.9 Å². The number of nitrogens with zero attached hydrogens (tertiary/aromatic N) is 1. The highest BCUT2D eigenvalue weighted by atomic mass is 14.9. The van der Waals surface area contributed by atoms with Crippen LogP contribution in [0.5, 0.6) is 0 Å². The van der Waals surface area contributed by atoms with Crippen LogP contribution in [-0.2, 0) is 6.54 Å². The number of rotatable bonds is 4. The van der Waals surface area contributed by atoms with Gasteiger partial charge < -0.3 is 5.32 Å². The van der Waals surface area contributed by atoms with Gasteiger partial charge >= 0.3 is 0 Å². The summed E-state index contributed by atoms with van der Waals surface area (Å²) < 4.78 is 0. The van der Waals surface area contributed by atoms with Gasteiger partial charge in [0.1, 0.15) is 0 Å². The van der Waals surface area contributed by atoms with Gasteiger partial charge in [-0.15, -0.1) is 0 Å². The minimum Gasteiger partial charge on any atom is -0.306 e. The second-order valence-electron chi connectivity index (χ2n) is 5.54. The third-order valence-corrected chi connectivity index (χ3v) is 3.86. The van der Waals surface area contributed by atoms with Crippen LogP contribution in [0.4, 0.5) is 0 Å². The molecular weight excluding hydrogens is 256 g/mol. The molecule has 2 heteroatoms. The summed E-state index contributed by atoms with van der Waals surface area (Å²) in [6, 6.07) is 19.6. The molecule has 0 aliphatic heterocycles. The molecule has 1 atom stereocenters. The Bertz CT molecular complexity index is 732. The maximum Gasteiger partial charge on any atom is 0.0702 e. The lowest BCUT2D eigenvalue weighted by atomic mass is 10.1. The van der Waals surface area contributed by atoms with Crippen LogP contribution in [0.2, 0.25) is 0 Å². The van der Waals surface area contributed by atoms with E-state index in [0.29, 0.717) is 6.04 Å². The van der Waals surface area contributed by atoms with Crippen molar-refractivity contribution in [2.24, 2.45) is 0 Å². The second-order valence-corrected chi connectivity index (χ2v) is 5.54. The Morgan fingerprint density at radius 1 is 1.05 bits per heavy atom. The fourth-order valence-corrected chi connectivity index (χ4v) is 2.48. The van der Waals surface area contributed by atoms with E-state index in [-0.39, 0.29) is 0 Å². The fraction of sp³-hybridized carbons (Fsp3) is 0.211. The zero-order valence-corrected chi connectivity index (χ0v) is 12.5. The average Bonchev–Trinajstić information content (AvgIpc) is 2.53. The van der Waals surface area contributed by atoms with E-state index in [1.54, 1.807) is 0 Å². The maximum absolute atomic E-state index is 4.35. The second kappa shape index (κ2) is 6.06. The molecule has 0 aliphatic rings. The smallest absolute Gasteiger partial charge is 0.0702 e. The third-order valence-electron chi connectivity index (χ3n) is 3.86. The van der Waals surface area contributed by atoms with Gasteiger partial charge in [0, 0.05) is 24.2 Å². The number of nitrogens with one attached hydrogen (secondary N) is 1. The normalized spacial score (nSPS) is 12.5. The van der Waals surface area contributed by atoms with E-state index in [1.165, 1.54) is 22.1 Å². The largest absolute Gasteiger partial charge is 0.306 e. The maximum atomic E-state index is 4.35. The Labute approximate surface area is 125 Å². The van der Waals surface area contributed by atoms with Crippen LogP contribution in [0.15, 0.2) is 60.8 Å². The lowest BCUT2D eigenvalue weighted by Crippen LogP contribution is -2.18. The van der Waals surface area contributed by atoms with Crippen molar-refractivity contribution in [1.29, 1.82) is 0 Å². The molecule has 1 aromatic heterocycles. The van der Waals surface area contributed by atoms with Gasteiger partial charge in [-0.25, -0.2) is 0 Å². The number of pyridine rings is 1. The Morgan fingerprint density at radius 2 is 1.86 bits per heavy atom. The SMILES string of the molecule is Cc1ccc([C@H](C)NCc2ccc3ncccc3c2)cc1. The van der Waals surface area contributed by atoms with Crippen LogP contribution in [0.1, 0.15) is 29.7 Å². The first-order valence-electron chi connectivity index (χ1n) is 7.36. The molecule has 0 bridgehead atoms. The summed E-state index contributed by atoms with van der Waals surface area (Å²) >= 11 is 0. The Balaban J connectivity index is 1.69. The topological polar surface area (TPSA) is 24.9 Å². The van der Waals surface area contributed by atoms with Crippen molar-refractivity contribution in [3.8, 4) is 0 Å². The highest BCUT2D eigenvalue weighted by Crippen LogP contribution is 2.16. The van der Waals surface area contributed by atoms with Gasteiger partial charge in [0.25, 0.3) is 0 Å². The Morgan fingerprint density at radius 3 is 2.67 bits per heavy atom. The van der Waals surface area contributed by atoms with Gasteiger partial charge in [-0.05, 0) is 43.2 Å². The van der Waals surface area contributed by atoms with Crippen molar-refractivity contribution in [3.63, 3.8) is 0 Å². The third kappa shape index (κ3) is 3.29. The summed E-state index contributed by atoms with van der Waals surface area (Å²) in [7, 11) is 0. The minimum atomic E-state index is 0.343. The predicted molar refractivity (Wildman–Crippen MR) is 88.2 cm³/mol. The van der Waals surface area contributed by atoms with Crippen molar-refractivity contribution in [3.05, 3.63) is 77.5 Å². The van der Waals surface area contributed by atoms with E-state index >= 15 is 0 Å². The molecule has 106 valence electrons. The Kier molecular flexibility index (Phi) is 3.98. The Hall–Kier alpha value is -2.19. The minimum absolute atomic E-state index is 0.343. The first-order chi connectivity index (χ1) is 10.2. The number of aryl methyl sites for hydroxylation is 1. The molecule has 3 rings (SSSR count). The molecule has 1 N–H and O–H groups in total. The van der Waals surface area contributed by atoms with Gasteiger partial charge in [-0.1, -0.05) is 42.0 Å². The van der Waals surface area contributed by atoms with E-state index in [1.807, 2.05) is 12.3 Å². The molecular formula is C19H20N2. The van der Waals surface area contributed by atoms with Crippen molar-refractivity contribution < 1.29 is 0 Å². The highest BCUT2D eigenvalue weighted by molar-refractivity contribution is 5.78. The standard InChI is InChI=1S/C19H20N2/c1-14-5-8-17(9-6-14)15(2)21-13-16-7-10-19-18(12-16)4-3-11-20-19/h3-12,15,21H,13H2,1-2H3/t15-/m0/s1. The fourth-order valence-electron chi connectivity index (χ4n) is 2.48. The van der Waals surface area contributed by atoms with Gasteiger partial charge in [-0.2, -0.15) is 0 Å². The first-order valence-corrected chi connectivity index (χ1v) is 7.36. The van der Waals surface area contributed by atoms with Crippen LogP contribution in [-0.4, -0.2) is 4.98 Å². The van der Waals surface area contributed by atoms with Crippen LogP contribution < -0.4 is 5.32 Å². The average molecular weight is 276 g/mol. The zero-order chi connectivity index (χ0) is 14.7. The van der Waals surface area contributed by atoms with Crippen molar-refractivity contribution in [1.82, 2.24) is 10.3 Å². The van der Waals surface area contributed by atoms with Crippen molar-refractivity contribution >= 4 is 10.9 Å². The number of fused-ring (bicyclic) bond motifs is 1. The van der Waals surface area contributed by atoms with Crippen LogP contribution in [0.3, 0.4) is 0 Å². The summed E-state index contributed by atoms with van der Waals surface area (Å²) in [5.41, 5.74) is 4.96. The molecule has 0 spiro atoms. The number of hydrogen-bond acceptors (Lipinski definition) is 2. The zero-order valence-electron chi connectivity index (χ0n) is 12.5. The van der Waals surface area contributed by atoms with E-state index in [4.69, 9.17) is 0 Å². The number of aromatic nitrogens is 1. The number of benzene rings is 2. The molecule has 0 saturated heterocycles. The molecule has 2 nitrogen and oxygen atoms in total. The molecule has 3 aromatic rings. The molecule has 0 radical (unpaired) electrons. The van der Waals surface area contributed by atoms with Crippen molar-refractivity contribution in [2.45, 2.75) is 26.4 Å². The van der Waals surface area contributed by atoms with E-state index < -0.39 is 0 Å². The molecule has 0 aliphatic carbocycles. The summed E-state index contributed by atoms with van der Waals surface area (Å²) in [5, 5.41) is 4.77. The van der Waals surface area contributed by atoms with E-state index in [2.05, 4.69) is 72.7 Å². The van der Waals surface area contributed by atoms with Gasteiger partial charge in [-0.3, -0.25) is 4.98 Å². The number of hydrogen-bond donors (Lipinski definition) is 1.